The predicted octanol–water partition coefficient (Wildman–Crippen LogP) is 3.48. The van der Waals surface area contributed by atoms with Gasteiger partial charge in [0.25, 0.3) is 0 Å². The maximum absolute atomic E-state index is 6.10. The molecule has 1 heterocycles. The lowest BCUT2D eigenvalue weighted by molar-refractivity contribution is 0.149. The normalized spacial score (nSPS) is 65.2. The quantitative estimate of drug-likeness (QED) is 0.569. The third-order valence-electron chi connectivity index (χ3n) is 6.79. The summed E-state index contributed by atoms with van der Waals surface area (Å²) in [5.74, 6) is 4.78. The number of hydrogen-bond acceptors (Lipinski definition) is 1. The average molecular weight is 220 g/mol. The van der Waals surface area contributed by atoms with E-state index in [1.165, 1.54) is 19.3 Å². The van der Waals surface area contributed by atoms with Gasteiger partial charge in [-0.3, -0.25) is 0 Å². The first-order valence-corrected chi connectivity index (χ1v) is 7.14. The molecule has 0 bridgehead atoms. The number of epoxide rings is 1. The Bertz CT molecular complexity index is 347. The molecule has 0 spiro atoms. The molecule has 0 aromatic rings. The first-order valence-electron chi connectivity index (χ1n) is 7.14. The van der Waals surface area contributed by atoms with E-state index in [4.69, 9.17) is 4.74 Å². The molecule has 0 radical (unpaired) electrons. The van der Waals surface area contributed by atoms with E-state index in [0.29, 0.717) is 17.1 Å². The molecule has 0 aromatic heterocycles. The van der Waals surface area contributed by atoms with Crippen molar-refractivity contribution in [3.8, 4) is 0 Å². The molecule has 90 valence electrons. The van der Waals surface area contributed by atoms with E-state index in [9.17, 15) is 0 Å². The van der Waals surface area contributed by atoms with Crippen LogP contribution in [0.15, 0.2) is 0 Å². The van der Waals surface area contributed by atoms with Crippen molar-refractivity contribution in [2.45, 2.75) is 58.7 Å². The zero-order valence-electron chi connectivity index (χ0n) is 11.0. The van der Waals surface area contributed by atoms with Gasteiger partial charge in [-0.05, 0) is 54.8 Å². The summed E-state index contributed by atoms with van der Waals surface area (Å²) in [6, 6.07) is 0. The van der Waals surface area contributed by atoms with Crippen molar-refractivity contribution in [3.63, 3.8) is 0 Å². The van der Waals surface area contributed by atoms with Crippen LogP contribution in [-0.2, 0) is 4.74 Å². The van der Waals surface area contributed by atoms with Gasteiger partial charge in [0.05, 0.1) is 11.7 Å². The molecule has 1 aliphatic heterocycles. The van der Waals surface area contributed by atoms with E-state index < -0.39 is 0 Å². The summed E-state index contributed by atoms with van der Waals surface area (Å²) in [5, 5.41) is 0. The van der Waals surface area contributed by atoms with Crippen LogP contribution in [0, 0.1) is 35.0 Å². The maximum Gasteiger partial charge on any atom is 0.0951 e. The minimum absolute atomic E-state index is 0.291. The standard InChI is InChI=1S/C15H24O/c1-8-5-6-9-12(8)13-10(14(13,2)3)7-11-15(9,4)16-11/h8-13H,5-7H2,1-4H3/t8-,9-,10-,11+,12+,13-,15-/m1/s1. The van der Waals surface area contributed by atoms with Crippen molar-refractivity contribution < 1.29 is 4.74 Å². The number of rotatable bonds is 0. The van der Waals surface area contributed by atoms with Crippen LogP contribution >= 0.6 is 0 Å². The van der Waals surface area contributed by atoms with Gasteiger partial charge in [-0.25, -0.2) is 0 Å². The zero-order chi connectivity index (χ0) is 11.3. The maximum atomic E-state index is 6.10. The fourth-order valence-corrected chi connectivity index (χ4v) is 5.61. The van der Waals surface area contributed by atoms with Crippen LogP contribution in [0.1, 0.15) is 47.0 Å². The summed E-state index contributed by atoms with van der Waals surface area (Å²) in [5.41, 5.74) is 0.910. The highest BCUT2D eigenvalue weighted by atomic mass is 16.6. The molecular formula is C15H24O. The summed E-state index contributed by atoms with van der Waals surface area (Å²) in [6.07, 6.45) is 4.84. The lowest BCUT2D eigenvalue weighted by atomic mass is 9.76. The van der Waals surface area contributed by atoms with Crippen molar-refractivity contribution in [1.29, 1.82) is 0 Å². The molecule has 4 aliphatic rings. The second-order valence-electron chi connectivity index (χ2n) is 7.72. The lowest BCUT2D eigenvalue weighted by Gasteiger charge is -2.27. The highest BCUT2D eigenvalue weighted by molar-refractivity contribution is 5.21. The zero-order valence-corrected chi connectivity index (χ0v) is 11.0. The minimum Gasteiger partial charge on any atom is -0.366 e. The van der Waals surface area contributed by atoms with Crippen molar-refractivity contribution in [2.24, 2.45) is 35.0 Å². The van der Waals surface area contributed by atoms with E-state index in [1.807, 2.05) is 0 Å². The van der Waals surface area contributed by atoms with E-state index in [-0.39, 0.29) is 0 Å². The molecule has 7 atom stereocenters. The average Bonchev–Trinajstić information content (AvgIpc) is 2.91. The van der Waals surface area contributed by atoms with Gasteiger partial charge in [0.15, 0.2) is 0 Å². The highest BCUT2D eigenvalue weighted by Gasteiger charge is 2.74. The molecule has 1 heteroatoms. The van der Waals surface area contributed by atoms with Crippen molar-refractivity contribution in [1.82, 2.24) is 0 Å². The monoisotopic (exact) mass is 220 g/mol. The largest absolute Gasteiger partial charge is 0.366 e. The van der Waals surface area contributed by atoms with Gasteiger partial charge >= 0.3 is 0 Å². The molecule has 1 saturated heterocycles. The third kappa shape index (κ3) is 0.939. The molecular weight excluding hydrogens is 196 g/mol. The van der Waals surface area contributed by atoms with Crippen LogP contribution in [0.5, 0.6) is 0 Å². The summed E-state index contributed by atoms with van der Waals surface area (Å²) in [7, 11) is 0. The van der Waals surface area contributed by atoms with E-state index in [2.05, 4.69) is 27.7 Å². The third-order valence-corrected chi connectivity index (χ3v) is 6.79. The van der Waals surface area contributed by atoms with Crippen LogP contribution in [0.25, 0.3) is 0 Å². The Hall–Kier alpha value is -0.0400. The Kier molecular flexibility index (Phi) is 1.57. The second kappa shape index (κ2) is 2.53. The summed E-state index contributed by atoms with van der Waals surface area (Å²) in [6.45, 7) is 9.87. The van der Waals surface area contributed by atoms with Crippen LogP contribution in [0.4, 0.5) is 0 Å². The molecule has 0 amide bonds. The van der Waals surface area contributed by atoms with Crippen molar-refractivity contribution in [3.05, 3.63) is 0 Å². The van der Waals surface area contributed by atoms with Gasteiger partial charge in [-0.1, -0.05) is 27.2 Å². The predicted molar refractivity (Wildman–Crippen MR) is 64.0 cm³/mol. The highest BCUT2D eigenvalue weighted by Crippen LogP contribution is 2.74. The summed E-state index contributed by atoms with van der Waals surface area (Å²) < 4.78 is 6.10. The Morgan fingerprint density at radius 2 is 1.81 bits per heavy atom. The Morgan fingerprint density at radius 3 is 2.56 bits per heavy atom. The SMILES string of the molecule is C[C@@H]1CC[C@@H]2[C@H]1[C@H]1[C@@H](C[C@@H]3O[C@@]32C)C1(C)C. The fourth-order valence-electron chi connectivity index (χ4n) is 5.61. The first kappa shape index (κ1) is 9.94. The topological polar surface area (TPSA) is 12.5 Å². The molecule has 4 fully saturated rings. The van der Waals surface area contributed by atoms with Gasteiger partial charge in [-0.2, -0.15) is 0 Å². The van der Waals surface area contributed by atoms with Crippen LogP contribution in [0.3, 0.4) is 0 Å². The van der Waals surface area contributed by atoms with Gasteiger partial charge in [0.1, 0.15) is 0 Å². The molecule has 3 aliphatic carbocycles. The van der Waals surface area contributed by atoms with E-state index in [0.717, 1.165) is 29.6 Å². The molecule has 16 heavy (non-hydrogen) atoms. The van der Waals surface area contributed by atoms with Crippen molar-refractivity contribution >= 4 is 0 Å². The molecule has 1 nitrogen and oxygen atoms in total. The minimum atomic E-state index is 0.291. The van der Waals surface area contributed by atoms with Gasteiger partial charge in [0, 0.05) is 0 Å². The van der Waals surface area contributed by atoms with Gasteiger partial charge < -0.3 is 4.74 Å². The van der Waals surface area contributed by atoms with Gasteiger partial charge in [-0.15, -0.1) is 0 Å². The number of fused-ring (bicyclic) bond motifs is 5. The summed E-state index contributed by atoms with van der Waals surface area (Å²) in [4.78, 5) is 0. The summed E-state index contributed by atoms with van der Waals surface area (Å²) >= 11 is 0. The van der Waals surface area contributed by atoms with Crippen LogP contribution < -0.4 is 0 Å². The van der Waals surface area contributed by atoms with Crippen LogP contribution in [0.2, 0.25) is 0 Å². The van der Waals surface area contributed by atoms with E-state index in [1.54, 1.807) is 0 Å². The number of ether oxygens (including phenoxy) is 1. The smallest absolute Gasteiger partial charge is 0.0951 e. The Balaban J connectivity index is 1.74. The van der Waals surface area contributed by atoms with Crippen LogP contribution in [-0.4, -0.2) is 11.7 Å². The van der Waals surface area contributed by atoms with E-state index >= 15 is 0 Å². The second-order valence-corrected chi connectivity index (χ2v) is 7.72. The molecule has 0 unspecified atom stereocenters. The Morgan fingerprint density at radius 1 is 1.06 bits per heavy atom. The van der Waals surface area contributed by atoms with Crippen molar-refractivity contribution in [2.75, 3.05) is 0 Å². The molecule has 3 saturated carbocycles. The molecule has 0 N–H and O–H groups in total. The lowest BCUT2D eigenvalue weighted by Crippen LogP contribution is -2.30. The first-order chi connectivity index (χ1) is 7.46. The molecule has 0 aromatic carbocycles. The Labute approximate surface area is 98.9 Å². The van der Waals surface area contributed by atoms with Gasteiger partial charge in [0.2, 0.25) is 0 Å². The number of hydrogen-bond donors (Lipinski definition) is 0. The molecule has 4 rings (SSSR count). The fraction of sp³-hybridized carbons (Fsp3) is 1.00.